The van der Waals surface area contributed by atoms with Gasteiger partial charge in [0, 0.05) is 5.56 Å². The van der Waals surface area contributed by atoms with E-state index in [4.69, 9.17) is 4.74 Å². The third-order valence-corrected chi connectivity index (χ3v) is 3.94. The summed E-state index contributed by atoms with van der Waals surface area (Å²) >= 11 is 0. The van der Waals surface area contributed by atoms with E-state index in [0.717, 1.165) is 5.56 Å². The van der Waals surface area contributed by atoms with Crippen LogP contribution in [0.25, 0.3) is 6.08 Å². The van der Waals surface area contributed by atoms with Crippen molar-refractivity contribution in [2.45, 2.75) is 6.92 Å². The summed E-state index contributed by atoms with van der Waals surface area (Å²) in [5.74, 6) is -0.463. The molecule has 3 aromatic rings. The number of hydrogen-bond donors (Lipinski definition) is 2. The first-order valence-electron chi connectivity index (χ1n) is 8.67. The number of benzene rings is 3. The number of carbonyl (C=O) groups is 2. The van der Waals surface area contributed by atoms with Gasteiger partial charge < -0.3 is 15.2 Å². The van der Waals surface area contributed by atoms with E-state index in [1.165, 1.54) is 6.08 Å². The number of carboxylic acids is 1. The summed E-state index contributed by atoms with van der Waals surface area (Å²) in [5, 5.41) is 11.9. The Morgan fingerprint density at radius 2 is 1.61 bits per heavy atom. The highest BCUT2D eigenvalue weighted by molar-refractivity contribution is 6.02. The average molecular weight is 373 g/mol. The molecule has 0 radical (unpaired) electrons. The minimum atomic E-state index is -1.23. The lowest BCUT2D eigenvalue weighted by atomic mass is 10.1. The van der Waals surface area contributed by atoms with E-state index >= 15 is 0 Å². The van der Waals surface area contributed by atoms with E-state index < -0.39 is 11.9 Å². The third-order valence-electron chi connectivity index (χ3n) is 3.94. The molecule has 0 aliphatic heterocycles. The van der Waals surface area contributed by atoms with Gasteiger partial charge in [0.1, 0.15) is 17.2 Å². The van der Waals surface area contributed by atoms with E-state index in [0.29, 0.717) is 22.6 Å². The van der Waals surface area contributed by atoms with Crippen molar-refractivity contribution in [3.05, 3.63) is 101 Å². The van der Waals surface area contributed by atoms with Crippen LogP contribution in [0.1, 0.15) is 21.5 Å². The number of amides is 1. The molecular weight excluding hydrogens is 354 g/mol. The lowest BCUT2D eigenvalue weighted by Crippen LogP contribution is -2.27. The lowest BCUT2D eigenvalue weighted by molar-refractivity contribution is -0.132. The molecule has 5 nitrogen and oxygen atoms in total. The summed E-state index contributed by atoms with van der Waals surface area (Å²) in [6, 6.07) is 23.0. The number of aliphatic carboxylic acids is 1. The number of nitrogens with one attached hydrogen (secondary N) is 1. The van der Waals surface area contributed by atoms with E-state index in [1.807, 2.05) is 31.2 Å². The fourth-order valence-corrected chi connectivity index (χ4v) is 2.51. The highest BCUT2D eigenvalue weighted by atomic mass is 16.5. The SMILES string of the molecule is Cc1ccc(Oc2cccc(/C=C(/NC(=O)c3ccccc3)C(=O)O)c2)cc1. The first-order valence-corrected chi connectivity index (χ1v) is 8.67. The summed E-state index contributed by atoms with van der Waals surface area (Å²) in [6.07, 6.45) is 1.39. The van der Waals surface area contributed by atoms with Crippen LogP contribution in [0.3, 0.4) is 0 Å². The number of rotatable bonds is 6. The summed E-state index contributed by atoms with van der Waals surface area (Å²) < 4.78 is 5.80. The van der Waals surface area contributed by atoms with Crippen molar-refractivity contribution in [2.75, 3.05) is 0 Å². The van der Waals surface area contributed by atoms with E-state index in [9.17, 15) is 14.7 Å². The van der Waals surface area contributed by atoms with Gasteiger partial charge in [-0.3, -0.25) is 4.79 Å². The van der Waals surface area contributed by atoms with Crippen molar-refractivity contribution < 1.29 is 19.4 Å². The molecular formula is C23H19NO4. The summed E-state index contributed by atoms with van der Waals surface area (Å²) in [4.78, 5) is 23.8. The van der Waals surface area contributed by atoms with Crippen molar-refractivity contribution in [1.29, 1.82) is 0 Å². The maximum atomic E-state index is 12.2. The zero-order valence-corrected chi connectivity index (χ0v) is 15.3. The average Bonchev–Trinajstić information content (AvgIpc) is 2.70. The largest absolute Gasteiger partial charge is 0.477 e. The first kappa shape index (κ1) is 18.9. The molecule has 0 bridgehead atoms. The summed E-state index contributed by atoms with van der Waals surface area (Å²) in [5.41, 5.74) is 1.88. The van der Waals surface area contributed by atoms with Crippen LogP contribution in [0.4, 0.5) is 0 Å². The minimum absolute atomic E-state index is 0.221. The molecule has 0 heterocycles. The number of aryl methyl sites for hydroxylation is 1. The standard InChI is InChI=1S/C23H19NO4/c1-16-10-12-19(13-11-16)28-20-9-5-6-17(14-20)15-21(23(26)27)24-22(25)18-7-3-2-4-8-18/h2-15H,1H3,(H,24,25)(H,26,27)/b21-15+. The smallest absolute Gasteiger partial charge is 0.352 e. The molecule has 0 saturated carbocycles. The molecule has 0 spiro atoms. The molecule has 0 aliphatic rings. The van der Waals surface area contributed by atoms with Crippen molar-refractivity contribution in [1.82, 2.24) is 5.32 Å². The third kappa shape index (κ3) is 5.08. The normalized spacial score (nSPS) is 11.0. The molecule has 28 heavy (non-hydrogen) atoms. The van der Waals surface area contributed by atoms with Crippen LogP contribution in [0, 0.1) is 6.92 Å². The highest BCUT2D eigenvalue weighted by Gasteiger charge is 2.13. The molecule has 5 heteroatoms. The van der Waals surface area contributed by atoms with Crippen molar-refractivity contribution in [2.24, 2.45) is 0 Å². The van der Waals surface area contributed by atoms with Crippen LogP contribution in [0.2, 0.25) is 0 Å². The predicted octanol–water partition coefficient (Wildman–Crippen LogP) is 4.64. The van der Waals surface area contributed by atoms with Crippen LogP contribution in [0.5, 0.6) is 11.5 Å². The molecule has 0 aliphatic carbocycles. The second-order valence-corrected chi connectivity index (χ2v) is 6.17. The lowest BCUT2D eigenvalue weighted by Gasteiger charge is -2.08. The predicted molar refractivity (Wildman–Crippen MR) is 107 cm³/mol. The molecule has 2 N–H and O–H groups in total. The van der Waals surface area contributed by atoms with Gasteiger partial charge in [0.2, 0.25) is 0 Å². The molecule has 0 saturated heterocycles. The van der Waals surface area contributed by atoms with Gasteiger partial charge >= 0.3 is 5.97 Å². The molecule has 0 fully saturated rings. The van der Waals surface area contributed by atoms with Gasteiger partial charge in [-0.25, -0.2) is 4.79 Å². The van der Waals surface area contributed by atoms with Gasteiger partial charge in [-0.1, -0.05) is 48.0 Å². The topological polar surface area (TPSA) is 75.6 Å². The highest BCUT2D eigenvalue weighted by Crippen LogP contribution is 2.23. The van der Waals surface area contributed by atoms with Crippen molar-refractivity contribution >= 4 is 18.0 Å². The van der Waals surface area contributed by atoms with Crippen LogP contribution in [-0.4, -0.2) is 17.0 Å². The van der Waals surface area contributed by atoms with Gasteiger partial charge in [0.05, 0.1) is 0 Å². The Bertz CT molecular complexity index is 1010. The Labute approximate surface area is 162 Å². The van der Waals surface area contributed by atoms with Gasteiger partial charge in [0.25, 0.3) is 5.91 Å². The molecule has 0 atom stereocenters. The first-order chi connectivity index (χ1) is 13.5. The second-order valence-electron chi connectivity index (χ2n) is 6.17. The van der Waals surface area contributed by atoms with E-state index in [-0.39, 0.29) is 5.70 Å². The summed E-state index contributed by atoms with van der Waals surface area (Å²) in [6.45, 7) is 1.99. The fourth-order valence-electron chi connectivity index (χ4n) is 2.51. The van der Waals surface area contributed by atoms with Crippen LogP contribution >= 0.6 is 0 Å². The summed E-state index contributed by atoms with van der Waals surface area (Å²) in [7, 11) is 0. The molecule has 0 aromatic heterocycles. The van der Waals surface area contributed by atoms with E-state index in [2.05, 4.69) is 5.32 Å². The Morgan fingerprint density at radius 1 is 0.893 bits per heavy atom. The van der Waals surface area contributed by atoms with Crippen LogP contribution in [-0.2, 0) is 4.79 Å². The minimum Gasteiger partial charge on any atom is -0.477 e. The Kier molecular flexibility index (Phi) is 5.87. The zero-order chi connectivity index (χ0) is 19.9. The zero-order valence-electron chi connectivity index (χ0n) is 15.3. The Balaban J connectivity index is 1.80. The van der Waals surface area contributed by atoms with Gasteiger partial charge in [0.15, 0.2) is 0 Å². The quantitative estimate of drug-likeness (QED) is 0.617. The van der Waals surface area contributed by atoms with Gasteiger partial charge in [-0.15, -0.1) is 0 Å². The molecule has 1 amide bonds. The van der Waals surface area contributed by atoms with Crippen LogP contribution < -0.4 is 10.1 Å². The molecule has 3 rings (SSSR count). The monoisotopic (exact) mass is 373 g/mol. The maximum absolute atomic E-state index is 12.2. The number of hydrogen-bond acceptors (Lipinski definition) is 3. The fraction of sp³-hybridized carbons (Fsp3) is 0.0435. The van der Waals surface area contributed by atoms with Crippen LogP contribution in [0.15, 0.2) is 84.6 Å². The van der Waals surface area contributed by atoms with E-state index in [1.54, 1.807) is 54.6 Å². The number of ether oxygens (including phenoxy) is 1. The maximum Gasteiger partial charge on any atom is 0.352 e. The van der Waals surface area contributed by atoms with Crippen molar-refractivity contribution in [3.8, 4) is 11.5 Å². The van der Waals surface area contributed by atoms with Crippen molar-refractivity contribution in [3.63, 3.8) is 0 Å². The Morgan fingerprint density at radius 3 is 2.29 bits per heavy atom. The molecule has 0 unspecified atom stereocenters. The Hall–Kier alpha value is -3.86. The molecule has 3 aromatic carbocycles. The van der Waals surface area contributed by atoms with Gasteiger partial charge in [-0.05, 0) is 55.0 Å². The number of carbonyl (C=O) groups excluding carboxylic acids is 1. The number of carboxylic acid groups (broad SMARTS) is 1. The second kappa shape index (κ2) is 8.68. The molecule has 140 valence electrons. The van der Waals surface area contributed by atoms with Gasteiger partial charge in [-0.2, -0.15) is 0 Å².